The summed E-state index contributed by atoms with van der Waals surface area (Å²) in [6.45, 7) is 3.71. The lowest BCUT2D eigenvalue weighted by Gasteiger charge is -2.14. The third-order valence-electron chi connectivity index (χ3n) is 3.59. The van der Waals surface area contributed by atoms with Gasteiger partial charge in [-0.25, -0.2) is 0 Å². The van der Waals surface area contributed by atoms with Crippen molar-refractivity contribution >= 4 is 17.7 Å². The van der Waals surface area contributed by atoms with E-state index in [0.717, 1.165) is 42.6 Å². The monoisotopic (exact) mass is 302 g/mol. The lowest BCUT2D eigenvalue weighted by Crippen LogP contribution is -2.29. The van der Waals surface area contributed by atoms with Crippen LogP contribution in [0, 0.1) is 6.92 Å². The second kappa shape index (κ2) is 6.30. The van der Waals surface area contributed by atoms with Gasteiger partial charge in [-0.2, -0.15) is 0 Å². The van der Waals surface area contributed by atoms with Crippen molar-refractivity contribution in [3.63, 3.8) is 0 Å². The van der Waals surface area contributed by atoms with Gasteiger partial charge in [0.1, 0.15) is 5.82 Å². The minimum Gasteiger partial charge on any atom is -0.342 e. The van der Waals surface area contributed by atoms with Crippen LogP contribution in [0.15, 0.2) is 35.5 Å². The summed E-state index contributed by atoms with van der Waals surface area (Å²) < 4.78 is 1.99. The van der Waals surface area contributed by atoms with Gasteiger partial charge < -0.3 is 4.90 Å². The Morgan fingerprint density at radius 1 is 1.19 bits per heavy atom. The van der Waals surface area contributed by atoms with Gasteiger partial charge >= 0.3 is 0 Å². The first-order valence-corrected chi connectivity index (χ1v) is 8.12. The molecule has 1 aliphatic rings. The zero-order chi connectivity index (χ0) is 14.7. The molecule has 1 saturated heterocycles. The second-order valence-electron chi connectivity index (χ2n) is 5.08. The summed E-state index contributed by atoms with van der Waals surface area (Å²) in [6, 6.07) is 9.98. The van der Waals surface area contributed by atoms with Crippen LogP contribution in [-0.2, 0) is 4.79 Å². The Morgan fingerprint density at radius 3 is 2.62 bits per heavy atom. The van der Waals surface area contributed by atoms with Crippen molar-refractivity contribution in [1.29, 1.82) is 0 Å². The lowest BCUT2D eigenvalue weighted by atomic mass is 10.3. The molecule has 0 radical (unpaired) electrons. The summed E-state index contributed by atoms with van der Waals surface area (Å²) >= 11 is 1.46. The molecule has 3 rings (SSSR count). The van der Waals surface area contributed by atoms with Crippen LogP contribution in [0.2, 0.25) is 0 Å². The van der Waals surface area contributed by atoms with E-state index in [-0.39, 0.29) is 5.91 Å². The predicted octanol–water partition coefficient (Wildman–Crippen LogP) is 2.29. The molecule has 1 aromatic heterocycles. The standard InChI is InChI=1S/C15H18N4OS/c1-12-16-17-15(19(12)13-7-3-2-4-8-13)21-11-14(20)18-9-5-6-10-18/h2-4,7-8H,5-6,9-11H2,1H3. The van der Waals surface area contributed by atoms with E-state index in [9.17, 15) is 4.79 Å². The van der Waals surface area contributed by atoms with E-state index < -0.39 is 0 Å². The number of likely N-dealkylation sites (tertiary alicyclic amines) is 1. The first kappa shape index (κ1) is 14.1. The number of benzene rings is 1. The van der Waals surface area contributed by atoms with Gasteiger partial charge in [0.2, 0.25) is 5.91 Å². The molecule has 0 spiro atoms. The average Bonchev–Trinajstić information content (AvgIpc) is 3.15. The van der Waals surface area contributed by atoms with E-state index in [1.807, 2.05) is 46.7 Å². The molecule has 2 aromatic rings. The minimum absolute atomic E-state index is 0.192. The topological polar surface area (TPSA) is 51.0 Å². The maximum absolute atomic E-state index is 12.1. The summed E-state index contributed by atoms with van der Waals surface area (Å²) in [4.78, 5) is 14.1. The van der Waals surface area contributed by atoms with Gasteiger partial charge in [0, 0.05) is 18.8 Å². The highest BCUT2D eigenvalue weighted by atomic mass is 32.2. The number of aromatic nitrogens is 3. The first-order chi connectivity index (χ1) is 10.3. The Hall–Kier alpha value is -1.82. The molecule has 0 aliphatic carbocycles. The van der Waals surface area contributed by atoms with Crippen LogP contribution >= 0.6 is 11.8 Å². The molecule has 0 bridgehead atoms. The van der Waals surface area contributed by atoms with Crippen LogP contribution in [0.5, 0.6) is 0 Å². The van der Waals surface area contributed by atoms with Gasteiger partial charge in [0.05, 0.1) is 5.75 Å². The molecule has 0 saturated carbocycles. The fraction of sp³-hybridized carbons (Fsp3) is 0.400. The van der Waals surface area contributed by atoms with Crippen molar-refractivity contribution in [1.82, 2.24) is 19.7 Å². The summed E-state index contributed by atoms with van der Waals surface area (Å²) in [5.41, 5.74) is 1.02. The largest absolute Gasteiger partial charge is 0.342 e. The van der Waals surface area contributed by atoms with Crippen molar-refractivity contribution in [3.05, 3.63) is 36.2 Å². The van der Waals surface area contributed by atoms with E-state index >= 15 is 0 Å². The van der Waals surface area contributed by atoms with E-state index in [4.69, 9.17) is 0 Å². The number of hydrogen-bond donors (Lipinski definition) is 0. The maximum atomic E-state index is 12.1. The highest BCUT2D eigenvalue weighted by molar-refractivity contribution is 7.99. The normalized spacial score (nSPS) is 14.6. The number of carbonyl (C=O) groups excluding carboxylic acids is 1. The number of thioether (sulfide) groups is 1. The molecule has 0 unspecified atom stereocenters. The Kier molecular flexibility index (Phi) is 4.24. The summed E-state index contributed by atoms with van der Waals surface area (Å²) in [7, 11) is 0. The molecule has 0 atom stereocenters. The van der Waals surface area contributed by atoms with Crippen LogP contribution in [0.4, 0.5) is 0 Å². The third-order valence-corrected chi connectivity index (χ3v) is 4.51. The molecule has 6 heteroatoms. The quantitative estimate of drug-likeness (QED) is 0.813. The summed E-state index contributed by atoms with van der Waals surface area (Å²) in [6.07, 6.45) is 2.24. The highest BCUT2D eigenvalue weighted by Gasteiger charge is 2.19. The number of hydrogen-bond acceptors (Lipinski definition) is 4. The maximum Gasteiger partial charge on any atom is 0.233 e. The Balaban J connectivity index is 1.73. The molecule has 110 valence electrons. The van der Waals surface area contributed by atoms with Gasteiger partial charge in [-0.15, -0.1) is 10.2 Å². The average molecular weight is 302 g/mol. The van der Waals surface area contributed by atoms with E-state index in [0.29, 0.717) is 5.75 Å². The van der Waals surface area contributed by atoms with Crippen LogP contribution in [0.3, 0.4) is 0 Å². The van der Waals surface area contributed by atoms with Crippen LogP contribution in [0.1, 0.15) is 18.7 Å². The van der Waals surface area contributed by atoms with Gasteiger partial charge in [0.15, 0.2) is 5.16 Å². The summed E-state index contributed by atoms with van der Waals surface area (Å²) in [5.74, 6) is 1.44. The Morgan fingerprint density at radius 2 is 1.90 bits per heavy atom. The molecule has 0 N–H and O–H groups in total. The van der Waals surface area contributed by atoms with E-state index in [2.05, 4.69) is 10.2 Å². The molecule has 21 heavy (non-hydrogen) atoms. The zero-order valence-electron chi connectivity index (χ0n) is 12.0. The van der Waals surface area contributed by atoms with E-state index in [1.165, 1.54) is 11.8 Å². The van der Waals surface area contributed by atoms with Gasteiger partial charge in [-0.3, -0.25) is 9.36 Å². The molecule has 2 heterocycles. The fourth-order valence-electron chi connectivity index (χ4n) is 2.49. The molecule has 5 nitrogen and oxygen atoms in total. The predicted molar refractivity (Wildman–Crippen MR) is 82.6 cm³/mol. The first-order valence-electron chi connectivity index (χ1n) is 7.14. The van der Waals surface area contributed by atoms with Gasteiger partial charge in [-0.1, -0.05) is 30.0 Å². The van der Waals surface area contributed by atoms with Gasteiger partial charge in [-0.05, 0) is 31.9 Å². The number of rotatable bonds is 4. The van der Waals surface area contributed by atoms with E-state index in [1.54, 1.807) is 0 Å². The van der Waals surface area contributed by atoms with Crippen LogP contribution in [0.25, 0.3) is 5.69 Å². The Labute approximate surface area is 128 Å². The molecule has 1 fully saturated rings. The van der Waals surface area contributed by atoms with Crippen molar-refractivity contribution in [2.45, 2.75) is 24.9 Å². The highest BCUT2D eigenvalue weighted by Crippen LogP contribution is 2.22. The Bertz CT molecular complexity index is 620. The van der Waals surface area contributed by atoms with Crippen LogP contribution in [-0.4, -0.2) is 44.4 Å². The summed E-state index contributed by atoms with van der Waals surface area (Å²) in [5, 5.41) is 9.10. The minimum atomic E-state index is 0.192. The van der Waals surface area contributed by atoms with Crippen molar-refractivity contribution in [2.75, 3.05) is 18.8 Å². The molecule has 1 aliphatic heterocycles. The SMILES string of the molecule is Cc1nnc(SCC(=O)N2CCCC2)n1-c1ccccc1. The fourth-order valence-corrected chi connectivity index (χ4v) is 3.40. The number of aryl methyl sites for hydroxylation is 1. The number of amides is 1. The molecular formula is C15H18N4OS. The third kappa shape index (κ3) is 3.10. The number of para-hydroxylation sites is 1. The van der Waals surface area contributed by atoms with Crippen LogP contribution < -0.4 is 0 Å². The lowest BCUT2D eigenvalue weighted by molar-refractivity contribution is -0.127. The zero-order valence-corrected chi connectivity index (χ0v) is 12.8. The van der Waals surface area contributed by atoms with Crippen molar-refractivity contribution in [2.24, 2.45) is 0 Å². The molecule has 1 amide bonds. The molecular weight excluding hydrogens is 284 g/mol. The second-order valence-corrected chi connectivity index (χ2v) is 6.02. The number of carbonyl (C=O) groups is 1. The van der Waals surface area contributed by atoms with Gasteiger partial charge in [0.25, 0.3) is 0 Å². The van der Waals surface area contributed by atoms with Crippen molar-refractivity contribution < 1.29 is 4.79 Å². The van der Waals surface area contributed by atoms with Crippen molar-refractivity contribution in [3.8, 4) is 5.69 Å². The molecule has 1 aromatic carbocycles. The smallest absolute Gasteiger partial charge is 0.233 e. The number of nitrogens with zero attached hydrogens (tertiary/aromatic N) is 4.